The third kappa shape index (κ3) is 5.06. The molecular formula is C21H23FN2O3. The molecule has 1 N–H and O–H groups in total. The average molecular weight is 370 g/mol. The largest absolute Gasteiger partial charge is 0.494 e. The van der Waals surface area contributed by atoms with E-state index in [-0.39, 0.29) is 30.0 Å². The molecule has 1 heterocycles. The Morgan fingerprint density at radius 3 is 2.56 bits per heavy atom. The fraction of sp³-hybridized carbons (Fsp3) is 0.333. The summed E-state index contributed by atoms with van der Waals surface area (Å²) in [7, 11) is 0. The van der Waals surface area contributed by atoms with Crippen LogP contribution in [0.4, 0.5) is 10.1 Å². The van der Waals surface area contributed by atoms with Crippen LogP contribution in [0.5, 0.6) is 5.75 Å². The van der Waals surface area contributed by atoms with E-state index in [9.17, 15) is 14.0 Å². The fourth-order valence-corrected chi connectivity index (χ4v) is 3.12. The van der Waals surface area contributed by atoms with Crippen LogP contribution in [0.1, 0.15) is 18.9 Å². The van der Waals surface area contributed by atoms with E-state index in [4.69, 9.17) is 4.74 Å². The van der Waals surface area contributed by atoms with E-state index < -0.39 is 0 Å². The minimum Gasteiger partial charge on any atom is -0.494 e. The quantitative estimate of drug-likeness (QED) is 0.814. The zero-order chi connectivity index (χ0) is 19.2. The second-order valence-corrected chi connectivity index (χ2v) is 6.56. The van der Waals surface area contributed by atoms with E-state index in [0.29, 0.717) is 31.8 Å². The molecule has 27 heavy (non-hydrogen) atoms. The van der Waals surface area contributed by atoms with Crippen LogP contribution in [0.3, 0.4) is 0 Å². The van der Waals surface area contributed by atoms with Crippen molar-refractivity contribution in [1.29, 1.82) is 0 Å². The van der Waals surface area contributed by atoms with Crippen molar-refractivity contribution in [3.63, 3.8) is 0 Å². The van der Waals surface area contributed by atoms with Gasteiger partial charge in [0.2, 0.25) is 11.8 Å². The molecule has 2 amide bonds. The summed E-state index contributed by atoms with van der Waals surface area (Å²) >= 11 is 0. The minimum absolute atomic E-state index is 0.0241. The van der Waals surface area contributed by atoms with Crippen LogP contribution in [-0.2, 0) is 16.0 Å². The van der Waals surface area contributed by atoms with E-state index in [1.165, 1.54) is 12.1 Å². The van der Waals surface area contributed by atoms with Gasteiger partial charge in [0.1, 0.15) is 11.6 Å². The number of benzene rings is 2. The van der Waals surface area contributed by atoms with Crippen LogP contribution < -0.4 is 10.1 Å². The normalized spacial score (nSPS) is 16.4. The van der Waals surface area contributed by atoms with Gasteiger partial charge in [0.05, 0.1) is 12.5 Å². The molecule has 1 atom stereocenters. The first-order chi connectivity index (χ1) is 13.0. The summed E-state index contributed by atoms with van der Waals surface area (Å²) < 4.78 is 18.3. The van der Waals surface area contributed by atoms with Gasteiger partial charge in [0.15, 0.2) is 0 Å². The molecule has 0 bridgehead atoms. The molecular weight excluding hydrogens is 347 g/mol. The van der Waals surface area contributed by atoms with Crippen molar-refractivity contribution < 1.29 is 18.7 Å². The van der Waals surface area contributed by atoms with Gasteiger partial charge >= 0.3 is 0 Å². The van der Waals surface area contributed by atoms with Crippen LogP contribution >= 0.6 is 0 Å². The Hall–Kier alpha value is -2.89. The first kappa shape index (κ1) is 18.9. The van der Waals surface area contributed by atoms with Crippen LogP contribution in [-0.4, -0.2) is 36.4 Å². The smallest absolute Gasteiger partial charge is 0.229 e. The van der Waals surface area contributed by atoms with Crippen molar-refractivity contribution in [2.45, 2.75) is 19.8 Å². The highest BCUT2D eigenvalue weighted by Crippen LogP contribution is 2.22. The van der Waals surface area contributed by atoms with Crippen LogP contribution in [0.2, 0.25) is 0 Å². The van der Waals surface area contributed by atoms with Crippen molar-refractivity contribution in [3.8, 4) is 5.75 Å². The van der Waals surface area contributed by atoms with Crippen molar-refractivity contribution in [1.82, 2.24) is 4.90 Å². The molecule has 0 radical (unpaired) electrons. The summed E-state index contributed by atoms with van der Waals surface area (Å²) in [6, 6.07) is 13.4. The summed E-state index contributed by atoms with van der Waals surface area (Å²) in [6.07, 6.45) is 0.853. The van der Waals surface area contributed by atoms with Crippen molar-refractivity contribution >= 4 is 17.5 Å². The number of hydrogen-bond donors (Lipinski definition) is 1. The van der Waals surface area contributed by atoms with E-state index in [1.54, 1.807) is 41.3 Å². The molecule has 1 fully saturated rings. The number of likely N-dealkylation sites (tertiary alicyclic amines) is 1. The van der Waals surface area contributed by atoms with Gasteiger partial charge in [-0.3, -0.25) is 9.59 Å². The number of carbonyl (C=O) groups excluding carboxylic acids is 2. The molecule has 5 nitrogen and oxygen atoms in total. The Morgan fingerprint density at radius 1 is 1.19 bits per heavy atom. The van der Waals surface area contributed by atoms with Crippen LogP contribution in [0, 0.1) is 11.7 Å². The number of nitrogens with one attached hydrogen (secondary N) is 1. The predicted octanol–water partition coefficient (Wildman–Crippen LogP) is 3.25. The molecule has 2 aromatic carbocycles. The highest BCUT2D eigenvalue weighted by atomic mass is 19.1. The molecule has 0 spiro atoms. The number of halogens is 1. The summed E-state index contributed by atoms with van der Waals surface area (Å²) in [5, 5.41) is 2.86. The first-order valence-electron chi connectivity index (χ1n) is 9.11. The number of rotatable bonds is 7. The molecule has 1 saturated heterocycles. The maximum atomic E-state index is 13.0. The van der Waals surface area contributed by atoms with Gasteiger partial charge in [0.25, 0.3) is 0 Å². The summed E-state index contributed by atoms with van der Waals surface area (Å²) in [5.41, 5.74) is 1.65. The van der Waals surface area contributed by atoms with Crippen molar-refractivity contribution in [2.24, 2.45) is 5.92 Å². The van der Waals surface area contributed by atoms with E-state index in [1.807, 2.05) is 6.92 Å². The Balaban J connectivity index is 1.51. The van der Waals surface area contributed by atoms with Crippen molar-refractivity contribution in [2.75, 3.05) is 25.0 Å². The van der Waals surface area contributed by atoms with Gasteiger partial charge in [-0.15, -0.1) is 0 Å². The third-order valence-electron chi connectivity index (χ3n) is 4.60. The monoisotopic (exact) mass is 370 g/mol. The molecule has 6 heteroatoms. The molecule has 142 valence electrons. The zero-order valence-corrected chi connectivity index (χ0v) is 15.3. The maximum absolute atomic E-state index is 13.0. The lowest BCUT2D eigenvalue weighted by molar-refractivity contribution is -0.128. The Labute approximate surface area is 158 Å². The fourth-order valence-electron chi connectivity index (χ4n) is 3.12. The average Bonchev–Trinajstić information content (AvgIpc) is 3.04. The van der Waals surface area contributed by atoms with Crippen LogP contribution in [0.25, 0.3) is 0 Å². The van der Waals surface area contributed by atoms with Gasteiger partial charge in [-0.25, -0.2) is 4.39 Å². The molecule has 0 aromatic heterocycles. The van der Waals surface area contributed by atoms with E-state index >= 15 is 0 Å². The Bertz CT molecular complexity index is 790. The number of ether oxygens (including phenoxy) is 1. The Kier molecular flexibility index (Phi) is 6.06. The Morgan fingerprint density at radius 2 is 1.89 bits per heavy atom. The number of nitrogens with zero attached hydrogens (tertiary/aromatic N) is 1. The number of hydrogen-bond acceptors (Lipinski definition) is 3. The van der Waals surface area contributed by atoms with Gasteiger partial charge in [-0.2, -0.15) is 0 Å². The second-order valence-electron chi connectivity index (χ2n) is 6.56. The zero-order valence-electron chi connectivity index (χ0n) is 15.3. The predicted molar refractivity (Wildman–Crippen MR) is 101 cm³/mol. The maximum Gasteiger partial charge on any atom is 0.229 e. The second kappa shape index (κ2) is 8.66. The molecule has 0 saturated carbocycles. The first-order valence-corrected chi connectivity index (χ1v) is 9.11. The van der Waals surface area contributed by atoms with Gasteiger partial charge < -0.3 is 15.0 Å². The van der Waals surface area contributed by atoms with Gasteiger partial charge in [-0.05, 0) is 55.3 Å². The molecule has 1 aliphatic heterocycles. The lowest BCUT2D eigenvalue weighted by atomic mass is 10.1. The van der Waals surface area contributed by atoms with Crippen molar-refractivity contribution in [3.05, 3.63) is 59.9 Å². The highest BCUT2D eigenvalue weighted by molar-refractivity contribution is 5.97. The van der Waals surface area contributed by atoms with Gasteiger partial charge in [-0.1, -0.05) is 12.1 Å². The topological polar surface area (TPSA) is 58.6 Å². The lowest BCUT2D eigenvalue weighted by Crippen LogP contribution is -2.30. The van der Waals surface area contributed by atoms with Gasteiger partial charge in [0, 0.05) is 25.2 Å². The summed E-state index contributed by atoms with van der Waals surface area (Å²) in [6.45, 7) is 3.43. The summed E-state index contributed by atoms with van der Waals surface area (Å²) in [4.78, 5) is 26.4. The standard InChI is InChI=1S/C21H23FN2O3/c1-2-27-19-9-7-18(8-10-19)23-21(26)16-13-20(25)24(14-16)12-11-15-3-5-17(22)6-4-15/h3-10,16H,2,11-14H2,1H3,(H,23,26)/t16-/m0/s1. The minimum atomic E-state index is -0.364. The molecule has 2 aromatic rings. The molecule has 1 aliphatic rings. The number of carbonyl (C=O) groups is 2. The van der Waals surface area contributed by atoms with Crippen LogP contribution in [0.15, 0.2) is 48.5 Å². The van der Waals surface area contributed by atoms with E-state index in [2.05, 4.69) is 5.32 Å². The number of anilines is 1. The molecule has 3 rings (SSSR count). The van der Waals surface area contributed by atoms with E-state index in [0.717, 1.165) is 11.3 Å². The SMILES string of the molecule is CCOc1ccc(NC(=O)[C@H]2CC(=O)N(CCc3ccc(F)cc3)C2)cc1. The summed E-state index contributed by atoms with van der Waals surface area (Å²) in [5.74, 6) is -0.0708. The lowest BCUT2D eigenvalue weighted by Gasteiger charge is -2.16. The molecule has 0 unspecified atom stereocenters. The highest BCUT2D eigenvalue weighted by Gasteiger charge is 2.34. The third-order valence-corrected chi connectivity index (χ3v) is 4.60. The molecule has 0 aliphatic carbocycles. The number of amides is 2.